The van der Waals surface area contributed by atoms with E-state index in [0.717, 1.165) is 43.9 Å². The summed E-state index contributed by atoms with van der Waals surface area (Å²) in [4.78, 5) is 6.40. The Morgan fingerprint density at radius 2 is 2.33 bits per heavy atom. The zero-order valence-corrected chi connectivity index (χ0v) is 12.6. The predicted molar refractivity (Wildman–Crippen MR) is 81.6 cm³/mol. The molecule has 0 aliphatic carbocycles. The van der Waals surface area contributed by atoms with Gasteiger partial charge in [-0.05, 0) is 30.2 Å². The highest BCUT2D eigenvalue weighted by Gasteiger charge is 2.32. The fourth-order valence-corrected chi connectivity index (χ4v) is 3.18. The normalized spacial score (nSPS) is 27.0. The maximum absolute atomic E-state index is 13.9. The van der Waals surface area contributed by atoms with E-state index in [-0.39, 0.29) is 11.9 Å². The molecule has 1 aromatic rings. The molecule has 0 saturated carbocycles. The SMILES string of the molecule is C/N=C/c1cc([C@@H]2CN3CCNC[C@H]3CO2)c(C)cc1F. The quantitative estimate of drug-likeness (QED) is 0.840. The minimum atomic E-state index is -0.224. The summed E-state index contributed by atoms with van der Waals surface area (Å²) in [6.07, 6.45) is 1.58. The highest BCUT2D eigenvalue weighted by molar-refractivity contribution is 5.80. The van der Waals surface area contributed by atoms with Crippen LogP contribution in [0.2, 0.25) is 0 Å². The van der Waals surface area contributed by atoms with Gasteiger partial charge in [-0.1, -0.05) is 0 Å². The lowest BCUT2D eigenvalue weighted by Gasteiger charge is -2.43. The van der Waals surface area contributed by atoms with E-state index in [9.17, 15) is 4.39 Å². The van der Waals surface area contributed by atoms with Gasteiger partial charge in [0.05, 0.1) is 12.7 Å². The number of halogens is 1. The molecule has 0 aromatic heterocycles. The molecule has 2 fully saturated rings. The van der Waals surface area contributed by atoms with Crippen LogP contribution in [0.15, 0.2) is 17.1 Å². The number of aryl methyl sites for hydroxylation is 1. The van der Waals surface area contributed by atoms with Crippen molar-refractivity contribution >= 4 is 6.21 Å². The van der Waals surface area contributed by atoms with Crippen LogP contribution < -0.4 is 5.32 Å². The third kappa shape index (κ3) is 3.00. The van der Waals surface area contributed by atoms with Crippen LogP contribution in [0.4, 0.5) is 4.39 Å². The van der Waals surface area contributed by atoms with Crippen molar-refractivity contribution in [3.8, 4) is 0 Å². The zero-order chi connectivity index (χ0) is 14.8. The lowest BCUT2D eigenvalue weighted by Crippen LogP contribution is -2.57. The second kappa shape index (κ2) is 6.22. The third-order valence-corrected chi connectivity index (χ3v) is 4.36. The number of ether oxygens (including phenoxy) is 1. The van der Waals surface area contributed by atoms with Crippen molar-refractivity contribution in [3.63, 3.8) is 0 Å². The molecular formula is C16H22FN3O. The molecule has 4 nitrogen and oxygen atoms in total. The number of hydrogen-bond acceptors (Lipinski definition) is 4. The molecule has 2 heterocycles. The highest BCUT2D eigenvalue weighted by Crippen LogP contribution is 2.29. The molecule has 2 atom stereocenters. The van der Waals surface area contributed by atoms with E-state index in [1.807, 2.05) is 13.0 Å². The molecule has 0 radical (unpaired) electrons. The van der Waals surface area contributed by atoms with Gasteiger partial charge in [0.25, 0.3) is 0 Å². The summed E-state index contributed by atoms with van der Waals surface area (Å²) >= 11 is 0. The molecular weight excluding hydrogens is 269 g/mol. The summed E-state index contributed by atoms with van der Waals surface area (Å²) in [5.41, 5.74) is 2.55. The van der Waals surface area contributed by atoms with E-state index in [1.165, 1.54) is 0 Å². The lowest BCUT2D eigenvalue weighted by atomic mass is 9.97. The van der Waals surface area contributed by atoms with Gasteiger partial charge in [-0.3, -0.25) is 9.89 Å². The van der Waals surface area contributed by atoms with Crippen molar-refractivity contribution in [1.29, 1.82) is 0 Å². The Labute approximate surface area is 125 Å². The number of rotatable bonds is 2. The first-order valence-corrected chi connectivity index (χ1v) is 7.47. The Bertz CT molecular complexity index is 547. The fourth-order valence-electron chi connectivity index (χ4n) is 3.18. The lowest BCUT2D eigenvalue weighted by molar-refractivity contribution is -0.0720. The van der Waals surface area contributed by atoms with Gasteiger partial charge in [0, 0.05) is 51.0 Å². The molecule has 0 spiro atoms. The molecule has 2 aliphatic heterocycles. The van der Waals surface area contributed by atoms with Crippen molar-refractivity contribution in [2.75, 3.05) is 39.8 Å². The predicted octanol–water partition coefficient (Wildman–Crippen LogP) is 1.53. The Balaban J connectivity index is 1.84. The van der Waals surface area contributed by atoms with Gasteiger partial charge in [0.2, 0.25) is 0 Å². The molecule has 5 heteroatoms. The molecule has 2 aliphatic rings. The third-order valence-electron chi connectivity index (χ3n) is 4.36. The molecule has 0 bridgehead atoms. The Morgan fingerprint density at radius 1 is 1.48 bits per heavy atom. The average Bonchev–Trinajstić information content (AvgIpc) is 2.49. The number of morpholine rings is 1. The summed E-state index contributed by atoms with van der Waals surface area (Å²) in [6, 6.07) is 3.93. The summed E-state index contributed by atoms with van der Waals surface area (Å²) in [6.45, 7) is 6.61. The van der Waals surface area contributed by atoms with Crippen LogP contribution in [-0.4, -0.2) is 57.0 Å². The van der Waals surface area contributed by atoms with Gasteiger partial charge >= 0.3 is 0 Å². The smallest absolute Gasteiger partial charge is 0.132 e. The second-order valence-corrected chi connectivity index (χ2v) is 5.79. The van der Waals surface area contributed by atoms with Crippen LogP contribution in [-0.2, 0) is 4.74 Å². The van der Waals surface area contributed by atoms with E-state index in [1.54, 1.807) is 19.3 Å². The molecule has 2 saturated heterocycles. The van der Waals surface area contributed by atoms with Crippen LogP contribution in [0, 0.1) is 12.7 Å². The minimum Gasteiger partial charge on any atom is -0.370 e. The number of piperazine rings is 1. The molecule has 114 valence electrons. The number of fused-ring (bicyclic) bond motifs is 1. The monoisotopic (exact) mass is 291 g/mol. The summed E-state index contributed by atoms with van der Waals surface area (Å²) in [5, 5.41) is 3.39. The number of aliphatic imine (C=N–C) groups is 1. The topological polar surface area (TPSA) is 36.9 Å². The summed E-state index contributed by atoms with van der Waals surface area (Å²) < 4.78 is 19.9. The number of benzene rings is 1. The zero-order valence-electron chi connectivity index (χ0n) is 12.6. The number of hydrogen-bond donors (Lipinski definition) is 1. The first kappa shape index (κ1) is 14.6. The first-order chi connectivity index (χ1) is 10.2. The standard InChI is InChI=1S/C16H22FN3O/c1-11-5-15(17)12(7-18-2)6-14(11)16-9-20-4-3-19-8-13(20)10-21-16/h5-7,13,16,19H,3-4,8-10H2,1-2H3/b18-7+/t13-,16-/m0/s1. The number of nitrogens with one attached hydrogen (secondary N) is 1. The number of nitrogens with zero attached hydrogens (tertiary/aromatic N) is 2. The van der Waals surface area contributed by atoms with Gasteiger partial charge in [-0.2, -0.15) is 0 Å². The van der Waals surface area contributed by atoms with Crippen LogP contribution in [0.1, 0.15) is 22.8 Å². The van der Waals surface area contributed by atoms with Crippen LogP contribution in [0.5, 0.6) is 0 Å². The van der Waals surface area contributed by atoms with Gasteiger partial charge in [-0.25, -0.2) is 4.39 Å². The van der Waals surface area contributed by atoms with E-state index >= 15 is 0 Å². The van der Waals surface area contributed by atoms with Crippen molar-refractivity contribution in [2.45, 2.75) is 19.1 Å². The Morgan fingerprint density at radius 3 is 3.14 bits per heavy atom. The molecule has 1 N–H and O–H groups in total. The largest absolute Gasteiger partial charge is 0.370 e. The van der Waals surface area contributed by atoms with Gasteiger partial charge in [0.15, 0.2) is 0 Å². The molecule has 21 heavy (non-hydrogen) atoms. The van der Waals surface area contributed by atoms with Crippen molar-refractivity contribution in [3.05, 3.63) is 34.6 Å². The van der Waals surface area contributed by atoms with Gasteiger partial charge in [-0.15, -0.1) is 0 Å². The molecule has 0 unspecified atom stereocenters. The first-order valence-electron chi connectivity index (χ1n) is 7.47. The maximum Gasteiger partial charge on any atom is 0.132 e. The van der Waals surface area contributed by atoms with Crippen LogP contribution >= 0.6 is 0 Å². The maximum atomic E-state index is 13.9. The van der Waals surface area contributed by atoms with Crippen LogP contribution in [0.25, 0.3) is 0 Å². The van der Waals surface area contributed by atoms with E-state index in [0.29, 0.717) is 11.6 Å². The van der Waals surface area contributed by atoms with Gasteiger partial charge in [0.1, 0.15) is 5.82 Å². The Hall–Kier alpha value is -1.30. The molecule has 3 rings (SSSR count). The van der Waals surface area contributed by atoms with E-state index in [4.69, 9.17) is 4.74 Å². The van der Waals surface area contributed by atoms with E-state index < -0.39 is 0 Å². The Kier molecular flexibility index (Phi) is 4.33. The van der Waals surface area contributed by atoms with Crippen LogP contribution in [0.3, 0.4) is 0 Å². The fraction of sp³-hybridized carbons (Fsp3) is 0.562. The van der Waals surface area contributed by atoms with Crippen molar-refractivity contribution in [2.24, 2.45) is 4.99 Å². The highest BCUT2D eigenvalue weighted by atomic mass is 19.1. The second-order valence-electron chi connectivity index (χ2n) is 5.79. The summed E-state index contributed by atoms with van der Waals surface area (Å²) in [7, 11) is 1.65. The molecule has 0 amide bonds. The summed E-state index contributed by atoms with van der Waals surface area (Å²) in [5.74, 6) is -0.224. The van der Waals surface area contributed by atoms with Crippen molar-refractivity contribution < 1.29 is 9.13 Å². The minimum absolute atomic E-state index is 0.0176. The average molecular weight is 291 g/mol. The van der Waals surface area contributed by atoms with E-state index in [2.05, 4.69) is 15.2 Å². The molecule has 1 aromatic carbocycles. The van der Waals surface area contributed by atoms with Crippen molar-refractivity contribution in [1.82, 2.24) is 10.2 Å². The van der Waals surface area contributed by atoms with Gasteiger partial charge < -0.3 is 10.1 Å².